The lowest BCUT2D eigenvalue weighted by Crippen LogP contribution is -2.02. The summed E-state index contributed by atoms with van der Waals surface area (Å²) in [5.74, 6) is 0. The van der Waals surface area contributed by atoms with Gasteiger partial charge in [0, 0.05) is 27.6 Å². The molecule has 0 aliphatic heterocycles. The van der Waals surface area contributed by atoms with E-state index in [2.05, 4.69) is 61.8 Å². The maximum absolute atomic E-state index is 4.02. The van der Waals surface area contributed by atoms with Crippen LogP contribution in [0.1, 0.15) is 48.8 Å². The van der Waals surface area contributed by atoms with E-state index in [1.807, 2.05) is 26.0 Å². The highest BCUT2D eigenvalue weighted by Gasteiger charge is 2.18. The van der Waals surface area contributed by atoms with Crippen molar-refractivity contribution in [1.82, 2.24) is 4.40 Å². The SMILES string of the molecule is C=Cc1c(/C=C\C)c(C)n2c(C=C)c(/C=C\C)/c(=C/C)c12. The predicted molar refractivity (Wildman–Crippen MR) is 97.1 cm³/mol. The fraction of sp³-hybridized carbons (Fsp3) is 0.200. The Morgan fingerprint density at radius 3 is 1.95 bits per heavy atom. The van der Waals surface area contributed by atoms with E-state index < -0.39 is 0 Å². The largest absolute Gasteiger partial charge is 0.312 e. The molecule has 0 bridgehead atoms. The van der Waals surface area contributed by atoms with Crippen LogP contribution in [-0.4, -0.2) is 4.40 Å². The molecule has 1 heteroatoms. The number of nitrogens with zero attached hydrogens (tertiary/aromatic N) is 1. The number of rotatable bonds is 4. The summed E-state index contributed by atoms with van der Waals surface area (Å²) in [5, 5.41) is 1.25. The van der Waals surface area contributed by atoms with Gasteiger partial charge in [-0.05, 0) is 33.8 Å². The summed E-state index contributed by atoms with van der Waals surface area (Å²) in [7, 11) is 0. The zero-order chi connectivity index (χ0) is 15.6. The lowest BCUT2D eigenvalue weighted by Gasteiger charge is -2.00. The monoisotopic (exact) mass is 277 g/mol. The summed E-state index contributed by atoms with van der Waals surface area (Å²) in [6.07, 6.45) is 14.5. The van der Waals surface area contributed by atoms with Crippen LogP contribution in [0.25, 0.3) is 35.9 Å². The van der Waals surface area contributed by atoms with Crippen LogP contribution in [0.2, 0.25) is 0 Å². The second-order valence-corrected chi connectivity index (χ2v) is 5.01. The zero-order valence-corrected chi connectivity index (χ0v) is 13.4. The number of aromatic nitrogens is 1. The standard InChI is InChI=1S/C20H23N/c1-7-12-17-14(6)21-19(11-5)18(13-8-2)16(10-4)20(21)15(17)9-3/h7-13H,3,5H2,1-2,4,6H3/b12-7-,13-8-,16-10-. The Kier molecular flexibility index (Phi) is 4.32. The van der Waals surface area contributed by atoms with E-state index in [0.29, 0.717) is 0 Å². The van der Waals surface area contributed by atoms with E-state index >= 15 is 0 Å². The van der Waals surface area contributed by atoms with Crippen molar-refractivity contribution in [3.63, 3.8) is 0 Å². The van der Waals surface area contributed by atoms with Crippen molar-refractivity contribution >= 4 is 35.9 Å². The summed E-state index contributed by atoms with van der Waals surface area (Å²) < 4.78 is 2.30. The fourth-order valence-electron chi connectivity index (χ4n) is 3.10. The Morgan fingerprint density at radius 1 is 0.857 bits per heavy atom. The van der Waals surface area contributed by atoms with Crippen LogP contribution in [0.4, 0.5) is 0 Å². The molecular weight excluding hydrogens is 254 g/mol. The van der Waals surface area contributed by atoms with E-state index in [1.165, 1.54) is 33.1 Å². The van der Waals surface area contributed by atoms with Gasteiger partial charge in [0.15, 0.2) is 0 Å². The van der Waals surface area contributed by atoms with Gasteiger partial charge >= 0.3 is 0 Å². The zero-order valence-electron chi connectivity index (χ0n) is 13.4. The van der Waals surface area contributed by atoms with Crippen LogP contribution in [-0.2, 0) is 0 Å². The van der Waals surface area contributed by atoms with E-state index in [1.54, 1.807) is 0 Å². The molecule has 0 atom stereocenters. The Hall–Kier alpha value is -2.28. The molecule has 0 aliphatic carbocycles. The minimum Gasteiger partial charge on any atom is -0.312 e. The van der Waals surface area contributed by atoms with Crippen LogP contribution in [0.5, 0.6) is 0 Å². The predicted octanol–water partition coefficient (Wildman–Crippen LogP) is 5.12. The van der Waals surface area contributed by atoms with Gasteiger partial charge in [-0.15, -0.1) is 0 Å². The second-order valence-electron chi connectivity index (χ2n) is 5.01. The molecule has 0 N–H and O–H groups in total. The summed E-state index contributed by atoms with van der Waals surface area (Å²) in [6.45, 7) is 16.4. The number of fused-ring (bicyclic) bond motifs is 1. The second kappa shape index (κ2) is 6.01. The molecule has 0 fully saturated rings. The maximum atomic E-state index is 4.02. The molecule has 0 aliphatic rings. The molecule has 2 rings (SSSR count). The van der Waals surface area contributed by atoms with Gasteiger partial charge < -0.3 is 4.40 Å². The van der Waals surface area contributed by atoms with Crippen molar-refractivity contribution in [3.05, 3.63) is 58.6 Å². The van der Waals surface area contributed by atoms with Crippen LogP contribution >= 0.6 is 0 Å². The molecule has 21 heavy (non-hydrogen) atoms. The first kappa shape index (κ1) is 15.1. The average Bonchev–Trinajstić information content (AvgIpc) is 2.93. The molecule has 108 valence electrons. The third-order valence-electron chi connectivity index (χ3n) is 3.91. The van der Waals surface area contributed by atoms with E-state index in [9.17, 15) is 0 Å². The van der Waals surface area contributed by atoms with Crippen molar-refractivity contribution in [2.24, 2.45) is 0 Å². The topological polar surface area (TPSA) is 4.41 Å². The maximum Gasteiger partial charge on any atom is 0.0613 e. The third kappa shape index (κ3) is 2.09. The molecule has 0 saturated heterocycles. The quantitative estimate of drug-likeness (QED) is 0.730. The normalized spacial score (nSPS) is 13.0. The van der Waals surface area contributed by atoms with Gasteiger partial charge in [0.25, 0.3) is 0 Å². The van der Waals surface area contributed by atoms with Crippen molar-refractivity contribution < 1.29 is 0 Å². The molecule has 2 heterocycles. The molecule has 2 aromatic heterocycles. The first-order chi connectivity index (χ1) is 10.2. The van der Waals surface area contributed by atoms with Gasteiger partial charge in [0.1, 0.15) is 0 Å². The van der Waals surface area contributed by atoms with Gasteiger partial charge in [-0.2, -0.15) is 0 Å². The van der Waals surface area contributed by atoms with Crippen molar-refractivity contribution in [2.75, 3.05) is 0 Å². The van der Waals surface area contributed by atoms with E-state index in [4.69, 9.17) is 0 Å². The number of allylic oxidation sites excluding steroid dienone is 2. The minimum atomic E-state index is 1.15. The fourth-order valence-corrected chi connectivity index (χ4v) is 3.10. The summed E-state index contributed by atoms with van der Waals surface area (Å²) in [4.78, 5) is 0. The molecule has 1 nitrogen and oxygen atoms in total. The van der Waals surface area contributed by atoms with Gasteiger partial charge in [-0.25, -0.2) is 0 Å². The molecule has 2 aromatic rings. The summed E-state index contributed by atoms with van der Waals surface area (Å²) in [6, 6.07) is 0. The number of hydrogen-bond donors (Lipinski definition) is 0. The minimum absolute atomic E-state index is 1.15. The highest BCUT2D eigenvalue weighted by molar-refractivity contribution is 5.86. The van der Waals surface area contributed by atoms with Crippen LogP contribution in [0.3, 0.4) is 0 Å². The molecule has 0 amide bonds. The smallest absolute Gasteiger partial charge is 0.0613 e. The molecule has 0 radical (unpaired) electrons. The Morgan fingerprint density at radius 2 is 1.48 bits per heavy atom. The lowest BCUT2D eigenvalue weighted by atomic mass is 10.1. The van der Waals surface area contributed by atoms with Gasteiger partial charge in [-0.3, -0.25) is 0 Å². The summed E-state index contributed by atoms with van der Waals surface area (Å²) in [5.41, 5.74) is 7.25. The average molecular weight is 277 g/mol. The van der Waals surface area contributed by atoms with Gasteiger partial charge in [0.05, 0.1) is 11.2 Å². The van der Waals surface area contributed by atoms with Crippen LogP contribution in [0.15, 0.2) is 25.3 Å². The van der Waals surface area contributed by atoms with Crippen molar-refractivity contribution in [2.45, 2.75) is 27.7 Å². The first-order valence-corrected chi connectivity index (χ1v) is 7.33. The Balaban J connectivity index is 3.16. The van der Waals surface area contributed by atoms with Crippen LogP contribution < -0.4 is 5.22 Å². The molecule has 0 aromatic carbocycles. The molecular formula is C20H23N. The van der Waals surface area contributed by atoms with Crippen molar-refractivity contribution in [3.8, 4) is 0 Å². The molecule has 0 saturated carbocycles. The van der Waals surface area contributed by atoms with Gasteiger partial charge in [0.2, 0.25) is 0 Å². The highest BCUT2D eigenvalue weighted by Crippen LogP contribution is 2.28. The number of hydrogen-bond acceptors (Lipinski definition) is 0. The first-order valence-electron chi connectivity index (χ1n) is 7.33. The van der Waals surface area contributed by atoms with Crippen LogP contribution in [0, 0.1) is 6.92 Å². The number of aryl methyl sites for hydroxylation is 1. The summed E-state index contributed by atoms with van der Waals surface area (Å²) >= 11 is 0. The molecule has 0 unspecified atom stereocenters. The van der Waals surface area contributed by atoms with E-state index in [-0.39, 0.29) is 0 Å². The van der Waals surface area contributed by atoms with Gasteiger partial charge in [-0.1, -0.05) is 49.6 Å². The third-order valence-corrected chi connectivity index (χ3v) is 3.91. The lowest BCUT2D eigenvalue weighted by molar-refractivity contribution is 1.11. The van der Waals surface area contributed by atoms with E-state index in [0.717, 1.165) is 5.69 Å². The van der Waals surface area contributed by atoms with Crippen molar-refractivity contribution in [1.29, 1.82) is 0 Å². The Bertz CT molecular complexity index is 804. The Labute approximate surface area is 127 Å². The highest BCUT2D eigenvalue weighted by atomic mass is 14.9. The molecule has 0 spiro atoms.